The minimum Gasteiger partial charge on any atom is -0.507 e. The van der Waals surface area contributed by atoms with Crippen LogP contribution in [0.5, 0.6) is 17.2 Å². The normalized spacial score (nSPS) is 21.4. The monoisotopic (exact) mass is 485 g/mol. The van der Waals surface area contributed by atoms with Crippen molar-refractivity contribution in [1.82, 2.24) is 4.90 Å². The van der Waals surface area contributed by atoms with Crippen LogP contribution in [0.25, 0.3) is 5.76 Å². The zero-order chi connectivity index (χ0) is 25.1. The lowest BCUT2D eigenvalue weighted by Gasteiger charge is -2.28. The van der Waals surface area contributed by atoms with Crippen LogP contribution in [0.15, 0.2) is 42.0 Å². The van der Waals surface area contributed by atoms with Crippen molar-refractivity contribution in [2.24, 2.45) is 0 Å². The van der Waals surface area contributed by atoms with E-state index < -0.39 is 29.3 Å². The number of halogens is 1. The summed E-state index contributed by atoms with van der Waals surface area (Å²) in [5.74, 6) is -1.71. The minimum absolute atomic E-state index is 0.0227. The van der Waals surface area contributed by atoms with Crippen LogP contribution in [0.1, 0.15) is 36.9 Å². The minimum atomic E-state index is -0.947. The number of hydrogen-bond donors (Lipinski definition) is 1. The molecule has 2 unspecified atom stereocenters. The average Bonchev–Trinajstić information content (AvgIpc) is 3.46. The largest absolute Gasteiger partial charge is 0.507 e. The molecule has 0 aliphatic carbocycles. The summed E-state index contributed by atoms with van der Waals surface area (Å²) in [6.45, 7) is 3.02. The van der Waals surface area contributed by atoms with Gasteiger partial charge in [-0.15, -0.1) is 0 Å². The molecule has 2 fully saturated rings. The van der Waals surface area contributed by atoms with E-state index in [-0.39, 0.29) is 29.5 Å². The molecule has 2 heterocycles. The molecule has 0 aromatic heterocycles. The van der Waals surface area contributed by atoms with E-state index in [4.69, 9.17) is 18.9 Å². The summed E-state index contributed by atoms with van der Waals surface area (Å²) in [5.41, 5.74) is 0.341. The Bertz CT molecular complexity index is 1160. The molecule has 4 rings (SSSR count). The van der Waals surface area contributed by atoms with Crippen molar-refractivity contribution in [3.63, 3.8) is 0 Å². The first-order chi connectivity index (χ1) is 16.9. The average molecular weight is 486 g/mol. The molecule has 0 bridgehead atoms. The van der Waals surface area contributed by atoms with Gasteiger partial charge < -0.3 is 29.0 Å². The van der Waals surface area contributed by atoms with E-state index >= 15 is 0 Å². The predicted octanol–water partition coefficient (Wildman–Crippen LogP) is 3.84. The molecule has 1 N–H and O–H groups in total. The number of aliphatic hydroxyl groups excluding tert-OH is 1. The lowest BCUT2D eigenvalue weighted by Crippen LogP contribution is -2.36. The van der Waals surface area contributed by atoms with Crippen molar-refractivity contribution >= 4 is 17.4 Å². The first kappa shape index (κ1) is 24.5. The highest BCUT2D eigenvalue weighted by Gasteiger charge is 2.47. The zero-order valence-electron chi connectivity index (χ0n) is 19.9. The van der Waals surface area contributed by atoms with E-state index in [9.17, 15) is 19.1 Å². The van der Waals surface area contributed by atoms with Crippen molar-refractivity contribution in [1.29, 1.82) is 0 Å². The number of Topliss-reactive ketones (excluding diaryl/α,β-unsaturated/α-hetero) is 1. The molecule has 0 radical (unpaired) electrons. The summed E-state index contributed by atoms with van der Waals surface area (Å²) in [4.78, 5) is 27.8. The highest BCUT2D eigenvalue weighted by Crippen LogP contribution is 2.43. The lowest BCUT2D eigenvalue weighted by atomic mass is 9.94. The van der Waals surface area contributed by atoms with Crippen molar-refractivity contribution in [2.45, 2.75) is 31.9 Å². The smallest absolute Gasteiger partial charge is 0.295 e. The Kier molecular flexibility index (Phi) is 7.25. The van der Waals surface area contributed by atoms with Gasteiger partial charge in [0.2, 0.25) is 0 Å². The Morgan fingerprint density at radius 3 is 2.51 bits per heavy atom. The molecule has 1 amide bonds. The molecule has 35 heavy (non-hydrogen) atoms. The van der Waals surface area contributed by atoms with Gasteiger partial charge in [-0.1, -0.05) is 6.07 Å². The number of carbonyl (C=O) groups is 2. The first-order valence-corrected chi connectivity index (χ1v) is 11.4. The number of ether oxygens (including phenoxy) is 4. The SMILES string of the molecule is CCOc1ccc(C2/C(=C(\O)c3cc(F)ccc3OC)C(=O)C(=O)N2CC2CCCO2)cc1OC. The Balaban J connectivity index is 1.89. The fourth-order valence-corrected chi connectivity index (χ4v) is 4.56. The number of aliphatic hydroxyl groups is 1. The molecule has 2 aromatic rings. The molecule has 2 saturated heterocycles. The van der Waals surface area contributed by atoms with E-state index in [1.54, 1.807) is 18.2 Å². The van der Waals surface area contributed by atoms with Crippen molar-refractivity contribution in [3.8, 4) is 17.2 Å². The summed E-state index contributed by atoms with van der Waals surface area (Å²) in [6.07, 6.45) is 1.38. The Morgan fingerprint density at radius 2 is 1.86 bits per heavy atom. The van der Waals surface area contributed by atoms with E-state index in [0.717, 1.165) is 18.9 Å². The third kappa shape index (κ3) is 4.68. The van der Waals surface area contributed by atoms with Crippen molar-refractivity contribution in [3.05, 3.63) is 58.9 Å². The van der Waals surface area contributed by atoms with Gasteiger partial charge in [0.1, 0.15) is 17.3 Å². The van der Waals surface area contributed by atoms with Gasteiger partial charge in [0.25, 0.3) is 11.7 Å². The van der Waals surface area contributed by atoms with Crippen molar-refractivity contribution < 1.29 is 38.0 Å². The van der Waals surface area contributed by atoms with Gasteiger partial charge in [-0.2, -0.15) is 0 Å². The summed E-state index contributed by atoms with van der Waals surface area (Å²) < 4.78 is 36.1. The van der Waals surface area contributed by atoms with E-state index in [0.29, 0.717) is 30.3 Å². The number of benzene rings is 2. The quantitative estimate of drug-likeness (QED) is 0.345. The highest BCUT2D eigenvalue weighted by atomic mass is 19.1. The molecular formula is C26H28FNO7. The number of ketones is 1. The van der Waals surface area contributed by atoms with Gasteiger partial charge in [0.15, 0.2) is 11.5 Å². The number of likely N-dealkylation sites (tertiary alicyclic amines) is 1. The zero-order valence-corrected chi connectivity index (χ0v) is 19.9. The number of amides is 1. The van der Waals surface area contributed by atoms with Gasteiger partial charge in [0.05, 0.1) is 44.1 Å². The second-order valence-electron chi connectivity index (χ2n) is 8.27. The molecule has 8 nitrogen and oxygen atoms in total. The van der Waals surface area contributed by atoms with Crippen LogP contribution in [0.3, 0.4) is 0 Å². The second kappa shape index (κ2) is 10.4. The Hall–Kier alpha value is -3.59. The maximum absolute atomic E-state index is 14.1. The van der Waals surface area contributed by atoms with Gasteiger partial charge >= 0.3 is 0 Å². The van der Waals surface area contributed by atoms with E-state index in [2.05, 4.69) is 0 Å². The highest BCUT2D eigenvalue weighted by molar-refractivity contribution is 6.46. The lowest BCUT2D eigenvalue weighted by molar-refractivity contribution is -0.140. The summed E-state index contributed by atoms with van der Waals surface area (Å²) in [6, 6.07) is 7.71. The Morgan fingerprint density at radius 1 is 1.11 bits per heavy atom. The second-order valence-corrected chi connectivity index (χ2v) is 8.27. The molecule has 2 atom stereocenters. The maximum atomic E-state index is 14.1. The summed E-state index contributed by atoms with van der Waals surface area (Å²) >= 11 is 0. The third-order valence-corrected chi connectivity index (χ3v) is 6.18. The van der Waals surface area contributed by atoms with Gasteiger partial charge in [-0.05, 0) is 55.7 Å². The van der Waals surface area contributed by atoms with Crippen LogP contribution in [-0.2, 0) is 14.3 Å². The molecule has 2 aliphatic rings. The van der Waals surface area contributed by atoms with Crippen molar-refractivity contribution in [2.75, 3.05) is 34.0 Å². The fourth-order valence-electron chi connectivity index (χ4n) is 4.56. The molecular weight excluding hydrogens is 457 g/mol. The molecule has 2 aliphatic heterocycles. The maximum Gasteiger partial charge on any atom is 0.295 e. The number of hydrogen-bond acceptors (Lipinski definition) is 7. The standard InChI is InChI=1S/C26H28FNO7/c1-4-34-20-9-7-15(12-21(20)33-3)23-22(24(29)18-13-16(27)8-10-19(18)32-2)25(30)26(31)28(23)14-17-6-5-11-35-17/h7-10,12-13,17,23,29H,4-6,11,14H2,1-3H3/b24-22+. The predicted molar refractivity (Wildman–Crippen MR) is 125 cm³/mol. The van der Waals surface area contributed by atoms with E-state index in [1.165, 1.54) is 31.3 Å². The van der Waals surface area contributed by atoms with Crippen LogP contribution in [0, 0.1) is 5.82 Å². The van der Waals surface area contributed by atoms with Crippen LogP contribution >= 0.6 is 0 Å². The van der Waals surface area contributed by atoms with Crippen LogP contribution in [0.4, 0.5) is 4.39 Å². The van der Waals surface area contributed by atoms with Gasteiger partial charge in [0, 0.05) is 13.2 Å². The molecule has 9 heteroatoms. The number of nitrogens with zero attached hydrogens (tertiary/aromatic N) is 1. The molecule has 0 spiro atoms. The molecule has 186 valence electrons. The van der Waals surface area contributed by atoms with E-state index in [1.807, 2.05) is 6.92 Å². The topological polar surface area (TPSA) is 94.5 Å². The third-order valence-electron chi connectivity index (χ3n) is 6.18. The van der Waals surface area contributed by atoms with Gasteiger partial charge in [-0.25, -0.2) is 4.39 Å². The number of methoxy groups -OCH3 is 2. The first-order valence-electron chi connectivity index (χ1n) is 11.4. The number of rotatable bonds is 8. The molecule has 2 aromatic carbocycles. The van der Waals surface area contributed by atoms with Crippen LogP contribution in [-0.4, -0.2) is 61.8 Å². The van der Waals surface area contributed by atoms with Crippen LogP contribution < -0.4 is 14.2 Å². The summed E-state index contributed by atoms with van der Waals surface area (Å²) in [7, 11) is 2.86. The van der Waals surface area contributed by atoms with Crippen LogP contribution in [0.2, 0.25) is 0 Å². The van der Waals surface area contributed by atoms with Gasteiger partial charge in [-0.3, -0.25) is 9.59 Å². The fraction of sp³-hybridized carbons (Fsp3) is 0.385. The number of carbonyl (C=O) groups excluding carboxylic acids is 2. The Labute approximate surface area is 202 Å². The summed E-state index contributed by atoms with van der Waals surface area (Å²) in [5, 5.41) is 11.3. The molecule has 0 saturated carbocycles.